The number of thiocarbonyl (C=S) groups is 1. The lowest BCUT2D eigenvalue weighted by Crippen LogP contribution is -2.28. The minimum absolute atomic E-state index is 0.0344. The Morgan fingerprint density at radius 1 is 1.39 bits per heavy atom. The van der Waals surface area contributed by atoms with Gasteiger partial charge in [0.15, 0.2) is 11.5 Å². The lowest BCUT2D eigenvalue weighted by molar-refractivity contribution is -0.122. The van der Waals surface area contributed by atoms with E-state index in [2.05, 4.69) is 6.58 Å². The van der Waals surface area contributed by atoms with Crippen molar-refractivity contribution in [2.75, 3.05) is 20.3 Å². The summed E-state index contributed by atoms with van der Waals surface area (Å²) >= 11 is 6.60. The molecule has 4 nitrogen and oxygen atoms in total. The number of hydrogen-bond acceptors (Lipinski definition) is 5. The van der Waals surface area contributed by atoms with Crippen molar-refractivity contribution in [3.8, 4) is 11.5 Å². The van der Waals surface area contributed by atoms with Gasteiger partial charge in [0.2, 0.25) is 0 Å². The molecule has 1 aliphatic rings. The maximum atomic E-state index is 12.4. The Morgan fingerprint density at radius 3 is 2.83 bits per heavy atom. The fourth-order valence-electron chi connectivity index (χ4n) is 2.11. The molecule has 1 saturated heterocycles. The van der Waals surface area contributed by atoms with Gasteiger partial charge in [-0.2, -0.15) is 0 Å². The Bertz CT molecular complexity index is 655. The van der Waals surface area contributed by atoms with Gasteiger partial charge in [-0.3, -0.25) is 9.69 Å². The second-order valence-electron chi connectivity index (χ2n) is 4.84. The van der Waals surface area contributed by atoms with Crippen molar-refractivity contribution in [3.05, 3.63) is 41.3 Å². The molecule has 1 heterocycles. The molecule has 122 valence electrons. The summed E-state index contributed by atoms with van der Waals surface area (Å²) in [4.78, 5) is 14.6. The molecule has 1 fully saturated rings. The molecule has 0 bridgehead atoms. The van der Waals surface area contributed by atoms with E-state index in [0.29, 0.717) is 33.9 Å². The van der Waals surface area contributed by atoms with Gasteiger partial charge in [0.25, 0.3) is 5.91 Å². The lowest BCUT2D eigenvalue weighted by atomic mass is 10.2. The predicted octanol–water partition coefficient (Wildman–Crippen LogP) is 3.87. The fraction of sp³-hybridized carbons (Fsp3) is 0.294. The van der Waals surface area contributed by atoms with E-state index in [-0.39, 0.29) is 5.91 Å². The van der Waals surface area contributed by atoms with Crippen molar-refractivity contribution in [3.63, 3.8) is 0 Å². The number of amides is 1. The highest BCUT2D eigenvalue weighted by Crippen LogP contribution is 2.34. The molecule has 0 radical (unpaired) electrons. The number of nitrogens with zero attached hydrogens (tertiary/aromatic N) is 1. The van der Waals surface area contributed by atoms with Crippen molar-refractivity contribution >= 4 is 40.3 Å². The van der Waals surface area contributed by atoms with Gasteiger partial charge in [-0.1, -0.05) is 49.6 Å². The van der Waals surface area contributed by atoms with Crippen molar-refractivity contribution in [2.45, 2.75) is 13.3 Å². The number of carbonyl (C=O) groups is 1. The number of rotatable bonds is 7. The zero-order valence-electron chi connectivity index (χ0n) is 13.2. The van der Waals surface area contributed by atoms with Crippen molar-refractivity contribution < 1.29 is 14.3 Å². The molecular formula is C17H19NO3S2. The van der Waals surface area contributed by atoms with E-state index < -0.39 is 0 Å². The molecule has 1 aromatic rings. The van der Waals surface area contributed by atoms with Gasteiger partial charge in [0.1, 0.15) is 10.9 Å². The Morgan fingerprint density at radius 2 is 2.17 bits per heavy atom. The molecule has 0 spiro atoms. The number of ether oxygens (including phenoxy) is 2. The summed E-state index contributed by atoms with van der Waals surface area (Å²) in [6, 6.07) is 5.54. The summed E-state index contributed by atoms with van der Waals surface area (Å²) in [5.41, 5.74) is 0.866. The fourth-order valence-corrected chi connectivity index (χ4v) is 3.42. The van der Waals surface area contributed by atoms with Crippen LogP contribution in [0.15, 0.2) is 35.8 Å². The monoisotopic (exact) mass is 349 g/mol. The number of benzene rings is 1. The summed E-state index contributed by atoms with van der Waals surface area (Å²) in [6.45, 7) is 6.71. The van der Waals surface area contributed by atoms with Gasteiger partial charge in [0.05, 0.1) is 12.0 Å². The highest BCUT2D eigenvalue weighted by Gasteiger charge is 2.31. The van der Waals surface area contributed by atoms with Gasteiger partial charge < -0.3 is 9.47 Å². The number of thioether (sulfide) groups is 1. The Hall–Kier alpha value is -1.79. The second kappa shape index (κ2) is 8.17. The standard InChI is InChI=1S/C17H19NO3S2/c1-4-8-18-16(19)15(23-17(18)22)11-12-6-7-13(21-9-5-2)14(10-12)20-3/h5-7,10-11H,2,4,8-9H2,1,3H3/b15-11-. The van der Waals surface area contributed by atoms with E-state index >= 15 is 0 Å². The van der Waals surface area contributed by atoms with Gasteiger partial charge in [-0.05, 0) is 30.2 Å². The molecule has 0 atom stereocenters. The van der Waals surface area contributed by atoms with Crippen LogP contribution < -0.4 is 9.47 Å². The molecule has 1 amide bonds. The van der Waals surface area contributed by atoms with Crippen molar-refractivity contribution in [1.29, 1.82) is 0 Å². The first-order chi connectivity index (χ1) is 11.1. The summed E-state index contributed by atoms with van der Waals surface area (Å²) in [5, 5.41) is 0. The quantitative estimate of drug-likeness (QED) is 0.424. The topological polar surface area (TPSA) is 38.8 Å². The lowest BCUT2D eigenvalue weighted by Gasteiger charge is -2.12. The van der Waals surface area contributed by atoms with Gasteiger partial charge in [-0.15, -0.1) is 0 Å². The van der Waals surface area contributed by atoms with E-state index in [1.807, 2.05) is 31.2 Å². The molecule has 0 aromatic heterocycles. The third-order valence-corrected chi connectivity index (χ3v) is 4.54. The first-order valence-corrected chi connectivity index (χ1v) is 8.50. The molecule has 0 unspecified atom stereocenters. The maximum absolute atomic E-state index is 12.4. The van der Waals surface area contributed by atoms with E-state index in [1.54, 1.807) is 18.1 Å². The zero-order valence-corrected chi connectivity index (χ0v) is 14.8. The van der Waals surface area contributed by atoms with Crippen LogP contribution >= 0.6 is 24.0 Å². The van der Waals surface area contributed by atoms with Crippen LogP contribution in [-0.4, -0.2) is 35.4 Å². The SMILES string of the molecule is C=CCOc1ccc(/C=C2\SC(=S)N(CCC)C2=O)cc1OC. The number of hydrogen-bond donors (Lipinski definition) is 0. The van der Waals surface area contributed by atoms with E-state index in [9.17, 15) is 4.79 Å². The van der Waals surface area contributed by atoms with E-state index in [1.165, 1.54) is 11.8 Å². The normalized spacial score (nSPS) is 16.1. The molecule has 0 aliphatic carbocycles. The van der Waals surface area contributed by atoms with Crippen LogP contribution in [0.25, 0.3) is 6.08 Å². The molecular weight excluding hydrogens is 330 g/mol. The number of methoxy groups -OCH3 is 1. The molecule has 1 aromatic carbocycles. The summed E-state index contributed by atoms with van der Waals surface area (Å²) in [5.74, 6) is 1.22. The first-order valence-electron chi connectivity index (χ1n) is 7.27. The molecule has 2 rings (SSSR count). The summed E-state index contributed by atoms with van der Waals surface area (Å²) in [7, 11) is 1.58. The van der Waals surface area contributed by atoms with Gasteiger partial charge in [0, 0.05) is 6.54 Å². The predicted molar refractivity (Wildman–Crippen MR) is 98.9 cm³/mol. The second-order valence-corrected chi connectivity index (χ2v) is 6.52. The van der Waals surface area contributed by atoms with Crippen LogP contribution in [-0.2, 0) is 4.79 Å². The largest absolute Gasteiger partial charge is 0.493 e. The maximum Gasteiger partial charge on any atom is 0.266 e. The molecule has 6 heteroatoms. The van der Waals surface area contributed by atoms with Crippen LogP contribution in [0.2, 0.25) is 0 Å². The van der Waals surface area contributed by atoms with Crippen LogP contribution in [0, 0.1) is 0 Å². The highest BCUT2D eigenvalue weighted by molar-refractivity contribution is 8.26. The van der Waals surface area contributed by atoms with Gasteiger partial charge >= 0.3 is 0 Å². The third kappa shape index (κ3) is 4.14. The average molecular weight is 349 g/mol. The van der Waals surface area contributed by atoms with E-state index in [0.717, 1.165) is 12.0 Å². The minimum atomic E-state index is -0.0344. The zero-order chi connectivity index (χ0) is 16.8. The minimum Gasteiger partial charge on any atom is -0.493 e. The first kappa shape index (κ1) is 17.6. The van der Waals surface area contributed by atoms with Crippen LogP contribution in [0.4, 0.5) is 0 Å². The smallest absolute Gasteiger partial charge is 0.266 e. The molecule has 0 saturated carbocycles. The third-order valence-electron chi connectivity index (χ3n) is 3.16. The summed E-state index contributed by atoms with van der Waals surface area (Å²) < 4.78 is 11.5. The molecule has 23 heavy (non-hydrogen) atoms. The van der Waals surface area contributed by atoms with Crippen LogP contribution in [0.5, 0.6) is 11.5 Å². The average Bonchev–Trinajstić information content (AvgIpc) is 2.81. The van der Waals surface area contributed by atoms with Gasteiger partial charge in [-0.25, -0.2) is 0 Å². The Balaban J connectivity index is 2.24. The van der Waals surface area contributed by atoms with Crippen LogP contribution in [0.3, 0.4) is 0 Å². The Kier molecular flexibility index (Phi) is 6.24. The highest BCUT2D eigenvalue weighted by atomic mass is 32.2. The molecule has 1 aliphatic heterocycles. The number of carbonyl (C=O) groups excluding carboxylic acids is 1. The van der Waals surface area contributed by atoms with Crippen LogP contribution in [0.1, 0.15) is 18.9 Å². The van der Waals surface area contributed by atoms with Crippen molar-refractivity contribution in [2.24, 2.45) is 0 Å². The molecule has 0 N–H and O–H groups in total. The van der Waals surface area contributed by atoms with Crippen molar-refractivity contribution in [1.82, 2.24) is 4.90 Å². The van der Waals surface area contributed by atoms with E-state index in [4.69, 9.17) is 21.7 Å². The summed E-state index contributed by atoms with van der Waals surface area (Å²) in [6.07, 6.45) is 4.38. The Labute approximate surface area is 146 Å².